The Balaban J connectivity index is 2.70. The first kappa shape index (κ1) is 13.4. The van der Waals surface area contributed by atoms with Gasteiger partial charge < -0.3 is 14.8 Å². The first-order valence-electron chi connectivity index (χ1n) is 5.46. The summed E-state index contributed by atoms with van der Waals surface area (Å²) < 4.78 is 9.97. The van der Waals surface area contributed by atoms with E-state index in [0.717, 1.165) is 11.4 Å². The van der Waals surface area contributed by atoms with Crippen LogP contribution in [0.2, 0.25) is 0 Å². The summed E-state index contributed by atoms with van der Waals surface area (Å²) in [5.41, 5.74) is 0.294. The standard InChI is InChI=1S/C13H19NO3/c1-13(2,12(15)17-4)9-14-10-7-5-6-8-11(10)16-3/h5-8,14H,9H2,1-4H3. The van der Waals surface area contributed by atoms with Gasteiger partial charge in [0.1, 0.15) is 5.75 Å². The predicted molar refractivity (Wildman–Crippen MR) is 67.3 cm³/mol. The average Bonchev–Trinajstić information content (AvgIpc) is 2.35. The molecule has 0 saturated heterocycles. The number of nitrogens with one attached hydrogen (secondary N) is 1. The van der Waals surface area contributed by atoms with Crippen LogP contribution in [0.15, 0.2) is 24.3 Å². The van der Waals surface area contributed by atoms with Crippen LogP contribution in [-0.4, -0.2) is 26.7 Å². The number of hydrogen-bond donors (Lipinski definition) is 1. The summed E-state index contributed by atoms with van der Waals surface area (Å²) in [6.45, 7) is 4.16. The van der Waals surface area contributed by atoms with Crippen LogP contribution in [0.1, 0.15) is 13.8 Å². The summed E-state index contributed by atoms with van der Waals surface area (Å²) in [5, 5.41) is 3.19. The highest BCUT2D eigenvalue weighted by Crippen LogP contribution is 2.25. The predicted octanol–water partition coefficient (Wildman–Crippen LogP) is 2.31. The fourth-order valence-corrected chi connectivity index (χ4v) is 1.46. The molecule has 1 rings (SSSR count). The monoisotopic (exact) mass is 237 g/mol. The van der Waals surface area contributed by atoms with Gasteiger partial charge in [-0.3, -0.25) is 4.79 Å². The van der Waals surface area contributed by atoms with Crippen LogP contribution < -0.4 is 10.1 Å². The topological polar surface area (TPSA) is 47.6 Å². The molecule has 0 bridgehead atoms. The summed E-state index contributed by atoms with van der Waals surface area (Å²) in [4.78, 5) is 11.5. The van der Waals surface area contributed by atoms with Gasteiger partial charge in [-0.15, -0.1) is 0 Å². The minimum absolute atomic E-state index is 0.236. The van der Waals surface area contributed by atoms with Gasteiger partial charge in [0, 0.05) is 6.54 Å². The SMILES string of the molecule is COC(=O)C(C)(C)CNc1ccccc1OC. The molecule has 0 fully saturated rings. The lowest BCUT2D eigenvalue weighted by atomic mass is 9.93. The van der Waals surface area contributed by atoms with Crippen molar-refractivity contribution in [3.63, 3.8) is 0 Å². The van der Waals surface area contributed by atoms with Crippen LogP contribution in [0, 0.1) is 5.41 Å². The Morgan fingerprint density at radius 3 is 2.53 bits per heavy atom. The number of benzene rings is 1. The van der Waals surface area contributed by atoms with Crippen LogP contribution in [0.3, 0.4) is 0 Å². The van der Waals surface area contributed by atoms with Crippen molar-refractivity contribution in [3.05, 3.63) is 24.3 Å². The molecule has 0 radical (unpaired) electrons. The molecule has 4 heteroatoms. The van der Waals surface area contributed by atoms with Crippen molar-refractivity contribution >= 4 is 11.7 Å². The molecule has 4 nitrogen and oxygen atoms in total. The van der Waals surface area contributed by atoms with E-state index < -0.39 is 5.41 Å². The second-order valence-corrected chi connectivity index (χ2v) is 4.43. The number of esters is 1. The van der Waals surface area contributed by atoms with Gasteiger partial charge in [-0.25, -0.2) is 0 Å². The summed E-state index contributed by atoms with van der Waals surface area (Å²) in [6, 6.07) is 7.59. The Bertz CT molecular complexity index is 388. The molecular formula is C13H19NO3. The van der Waals surface area contributed by atoms with Gasteiger partial charge in [0.15, 0.2) is 0 Å². The Kier molecular flexibility index (Phi) is 4.37. The Morgan fingerprint density at radius 1 is 1.29 bits per heavy atom. The molecule has 0 heterocycles. The van der Waals surface area contributed by atoms with Crippen LogP contribution >= 0.6 is 0 Å². The molecular weight excluding hydrogens is 218 g/mol. The van der Waals surface area contributed by atoms with E-state index in [1.165, 1.54) is 7.11 Å². The van der Waals surface area contributed by atoms with E-state index in [1.807, 2.05) is 38.1 Å². The van der Waals surface area contributed by atoms with Crippen molar-refractivity contribution in [2.75, 3.05) is 26.1 Å². The molecule has 1 aromatic rings. The Hall–Kier alpha value is -1.71. The minimum Gasteiger partial charge on any atom is -0.495 e. The van der Waals surface area contributed by atoms with Crippen LogP contribution in [0.4, 0.5) is 5.69 Å². The molecule has 0 spiro atoms. The van der Waals surface area contributed by atoms with Gasteiger partial charge >= 0.3 is 5.97 Å². The third-order valence-electron chi connectivity index (χ3n) is 2.57. The normalized spacial score (nSPS) is 10.8. The van der Waals surface area contributed by atoms with E-state index in [0.29, 0.717) is 6.54 Å². The largest absolute Gasteiger partial charge is 0.495 e. The van der Waals surface area contributed by atoms with E-state index >= 15 is 0 Å². The van der Waals surface area contributed by atoms with E-state index in [9.17, 15) is 4.79 Å². The summed E-state index contributed by atoms with van der Waals surface area (Å²) in [6.07, 6.45) is 0. The maximum absolute atomic E-state index is 11.5. The third kappa shape index (κ3) is 3.37. The molecule has 0 aliphatic rings. The summed E-state index contributed by atoms with van der Waals surface area (Å²) >= 11 is 0. The fourth-order valence-electron chi connectivity index (χ4n) is 1.46. The maximum Gasteiger partial charge on any atom is 0.313 e. The van der Waals surface area contributed by atoms with Crippen molar-refractivity contribution in [2.24, 2.45) is 5.41 Å². The van der Waals surface area contributed by atoms with E-state index in [4.69, 9.17) is 9.47 Å². The molecule has 17 heavy (non-hydrogen) atoms. The van der Waals surface area contributed by atoms with Crippen molar-refractivity contribution in [1.29, 1.82) is 0 Å². The number of para-hydroxylation sites is 2. The Labute approximate surface area is 102 Å². The zero-order chi connectivity index (χ0) is 12.9. The fraction of sp³-hybridized carbons (Fsp3) is 0.462. The van der Waals surface area contributed by atoms with E-state index in [2.05, 4.69) is 5.32 Å². The van der Waals surface area contributed by atoms with Gasteiger partial charge in [-0.2, -0.15) is 0 Å². The van der Waals surface area contributed by atoms with Gasteiger partial charge in [-0.1, -0.05) is 12.1 Å². The number of rotatable bonds is 5. The highest BCUT2D eigenvalue weighted by atomic mass is 16.5. The molecule has 0 unspecified atom stereocenters. The second-order valence-electron chi connectivity index (χ2n) is 4.43. The highest BCUT2D eigenvalue weighted by molar-refractivity contribution is 5.76. The molecule has 0 aliphatic heterocycles. The zero-order valence-electron chi connectivity index (χ0n) is 10.7. The quantitative estimate of drug-likeness (QED) is 0.798. The summed E-state index contributed by atoms with van der Waals surface area (Å²) in [7, 11) is 3.01. The van der Waals surface area contributed by atoms with E-state index in [1.54, 1.807) is 7.11 Å². The van der Waals surface area contributed by atoms with Gasteiger partial charge in [0.25, 0.3) is 0 Å². The number of carbonyl (C=O) groups excluding carboxylic acids is 1. The lowest BCUT2D eigenvalue weighted by Crippen LogP contribution is -2.33. The van der Waals surface area contributed by atoms with Crippen LogP contribution in [0.5, 0.6) is 5.75 Å². The minimum atomic E-state index is -0.574. The zero-order valence-corrected chi connectivity index (χ0v) is 10.7. The summed E-state index contributed by atoms with van der Waals surface area (Å²) in [5.74, 6) is 0.521. The number of anilines is 1. The van der Waals surface area contributed by atoms with E-state index in [-0.39, 0.29) is 5.97 Å². The van der Waals surface area contributed by atoms with Crippen molar-refractivity contribution in [2.45, 2.75) is 13.8 Å². The van der Waals surface area contributed by atoms with Gasteiger partial charge in [0.05, 0.1) is 25.3 Å². The van der Waals surface area contributed by atoms with Crippen LogP contribution in [0.25, 0.3) is 0 Å². The smallest absolute Gasteiger partial charge is 0.313 e. The molecule has 0 aromatic heterocycles. The van der Waals surface area contributed by atoms with Gasteiger partial charge in [0.2, 0.25) is 0 Å². The average molecular weight is 237 g/mol. The maximum atomic E-state index is 11.5. The number of methoxy groups -OCH3 is 2. The lowest BCUT2D eigenvalue weighted by Gasteiger charge is -2.23. The highest BCUT2D eigenvalue weighted by Gasteiger charge is 2.28. The number of carbonyl (C=O) groups is 1. The van der Waals surface area contributed by atoms with Crippen molar-refractivity contribution in [1.82, 2.24) is 0 Å². The molecule has 1 N–H and O–H groups in total. The molecule has 0 amide bonds. The first-order valence-corrected chi connectivity index (χ1v) is 5.46. The lowest BCUT2D eigenvalue weighted by molar-refractivity contribution is -0.149. The molecule has 0 aliphatic carbocycles. The number of hydrogen-bond acceptors (Lipinski definition) is 4. The van der Waals surface area contributed by atoms with Gasteiger partial charge in [-0.05, 0) is 26.0 Å². The van der Waals surface area contributed by atoms with Crippen LogP contribution in [-0.2, 0) is 9.53 Å². The molecule has 0 saturated carbocycles. The second kappa shape index (κ2) is 5.57. The van der Waals surface area contributed by atoms with Crippen molar-refractivity contribution < 1.29 is 14.3 Å². The molecule has 94 valence electrons. The third-order valence-corrected chi connectivity index (χ3v) is 2.57. The first-order chi connectivity index (χ1) is 8.01. The Morgan fingerprint density at radius 2 is 1.94 bits per heavy atom. The number of ether oxygens (including phenoxy) is 2. The molecule has 1 aromatic carbocycles. The molecule has 0 atom stereocenters. The van der Waals surface area contributed by atoms with Crippen molar-refractivity contribution in [3.8, 4) is 5.75 Å².